The van der Waals surface area contributed by atoms with E-state index in [0.717, 1.165) is 13.1 Å². The largest absolute Gasteiger partial charge is 0.391 e. The van der Waals surface area contributed by atoms with Gasteiger partial charge in [0.05, 0.1) is 30.2 Å². The molecule has 1 aromatic carbocycles. The number of fused-ring (bicyclic) bond motifs is 1. The van der Waals surface area contributed by atoms with E-state index in [0.29, 0.717) is 53.1 Å². The second-order valence-corrected chi connectivity index (χ2v) is 7.56. The van der Waals surface area contributed by atoms with E-state index in [1.807, 2.05) is 0 Å². The molecule has 1 N–H and O–H groups in total. The summed E-state index contributed by atoms with van der Waals surface area (Å²) in [6.45, 7) is 7.73. The van der Waals surface area contributed by atoms with Crippen LogP contribution in [0, 0.1) is 0 Å². The molecule has 0 radical (unpaired) electrons. The third-order valence-corrected chi connectivity index (χ3v) is 5.53. The Kier molecular flexibility index (Phi) is 6.72. The lowest BCUT2D eigenvalue weighted by Gasteiger charge is -2.28. The first kappa shape index (κ1) is 19.4. The maximum atomic E-state index is 12.8. The standard InChI is InChI=1S/C18H22ClN3O3S/c1-2-5-22-17(24)15-10-13(19)3-4-16(15)20-18(22)26-12-14(23)11-21-6-8-25-9-7-21/h2-4,10,14,23H,1,5-9,11-12H2/t14-/m1/s1. The van der Waals surface area contributed by atoms with Crippen molar-refractivity contribution in [2.24, 2.45) is 0 Å². The third kappa shape index (κ3) is 4.66. The average molecular weight is 396 g/mol. The second kappa shape index (κ2) is 9.01. The Labute approximate surface area is 161 Å². The number of morpholine rings is 1. The summed E-state index contributed by atoms with van der Waals surface area (Å²) in [6.07, 6.45) is 1.15. The fourth-order valence-corrected chi connectivity index (χ4v) is 3.97. The van der Waals surface area contributed by atoms with E-state index in [9.17, 15) is 9.90 Å². The van der Waals surface area contributed by atoms with Gasteiger partial charge in [-0.15, -0.1) is 6.58 Å². The van der Waals surface area contributed by atoms with Crippen LogP contribution in [0.3, 0.4) is 0 Å². The van der Waals surface area contributed by atoms with Gasteiger partial charge in [-0.05, 0) is 18.2 Å². The monoisotopic (exact) mass is 395 g/mol. The van der Waals surface area contributed by atoms with Gasteiger partial charge in [-0.3, -0.25) is 14.3 Å². The van der Waals surface area contributed by atoms with E-state index in [1.165, 1.54) is 11.8 Å². The van der Waals surface area contributed by atoms with Crippen LogP contribution in [0.2, 0.25) is 5.02 Å². The van der Waals surface area contributed by atoms with Gasteiger partial charge in [0.2, 0.25) is 0 Å². The van der Waals surface area contributed by atoms with Crippen LogP contribution in [0.5, 0.6) is 0 Å². The van der Waals surface area contributed by atoms with Crippen LogP contribution >= 0.6 is 23.4 Å². The molecule has 0 amide bonds. The average Bonchev–Trinajstić information content (AvgIpc) is 2.64. The van der Waals surface area contributed by atoms with E-state index < -0.39 is 6.10 Å². The minimum atomic E-state index is -0.506. The summed E-state index contributed by atoms with van der Waals surface area (Å²) in [5, 5.41) is 11.9. The molecule has 1 aliphatic rings. The SMILES string of the molecule is C=CCn1c(SC[C@H](O)CN2CCOCC2)nc2ccc(Cl)cc2c1=O. The van der Waals surface area contributed by atoms with E-state index in [2.05, 4.69) is 16.5 Å². The van der Waals surface area contributed by atoms with Gasteiger partial charge in [0.15, 0.2) is 5.16 Å². The van der Waals surface area contributed by atoms with Crippen LogP contribution in [0.15, 0.2) is 40.8 Å². The highest BCUT2D eigenvalue weighted by Gasteiger charge is 2.17. The molecule has 1 aromatic heterocycles. The van der Waals surface area contributed by atoms with Crippen molar-refractivity contribution in [1.82, 2.24) is 14.5 Å². The van der Waals surface area contributed by atoms with E-state index in [-0.39, 0.29) is 5.56 Å². The predicted molar refractivity (Wildman–Crippen MR) is 105 cm³/mol. The number of rotatable bonds is 7. The molecule has 0 unspecified atom stereocenters. The van der Waals surface area contributed by atoms with Crippen LogP contribution in [-0.4, -0.2) is 64.3 Å². The second-order valence-electron chi connectivity index (χ2n) is 6.14. The summed E-state index contributed by atoms with van der Waals surface area (Å²) in [4.78, 5) is 19.5. The molecule has 6 nitrogen and oxygen atoms in total. The number of hydrogen-bond acceptors (Lipinski definition) is 6. The van der Waals surface area contributed by atoms with Crippen molar-refractivity contribution in [3.8, 4) is 0 Å². The number of thioether (sulfide) groups is 1. The van der Waals surface area contributed by atoms with Gasteiger partial charge in [-0.25, -0.2) is 4.98 Å². The predicted octanol–water partition coefficient (Wildman–Crippen LogP) is 2.02. The molecule has 1 aliphatic heterocycles. The lowest BCUT2D eigenvalue weighted by molar-refractivity contribution is 0.0188. The van der Waals surface area contributed by atoms with Crippen molar-refractivity contribution in [2.45, 2.75) is 17.8 Å². The fraction of sp³-hybridized carbons (Fsp3) is 0.444. The number of aromatic nitrogens is 2. The van der Waals surface area contributed by atoms with Crippen LogP contribution in [0.25, 0.3) is 10.9 Å². The van der Waals surface area contributed by atoms with Crippen LogP contribution in [0.1, 0.15) is 0 Å². The highest BCUT2D eigenvalue weighted by Crippen LogP contribution is 2.21. The van der Waals surface area contributed by atoms with Crippen LogP contribution in [-0.2, 0) is 11.3 Å². The van der Waals surface area contributed by atoms with Crippen molar-refractivity contribution >= 4 is 34.3 Å². The first-order valence-corrected chi connectivity index (χ1v) is 9.87. The summed E-state index contributed by atoms with van der Waals surface area (Å²) in [7, 11) is 0. The minimum Gasteiger partial charge on any atom is -0.391 e. The van der Waals surface area contributed by atoms with Crippen molar-refractivity contribution in [3.05, 3.63) is 46.2 Å². The van der Waals surface area contributed by atoms with Gasteiger partial charge < -0.3 is 9.84 Å². The molecule has 0 spiro atoms. The highest BCUT2D eigenvalue weighted by atomic mass is 35.5. The third-order valence-electron chi connectivity index (χ3n) is 4.17. The topological polar surface area (TPSA) is 67.6 Å². The summed E-state index contributed by atoms with van der Waals surface area (Å²) >= 11 is 7.39. The summed E-state index contributed by atoms with van der Waals surface area (Å²) in [5.41, 5.74) is 0.451. The van der Waals surface area contributed by atoms with Gasteiger partial charge in [0.25, 0.3) is 5.56 Å². The molecule has 1 fully saturated rings. The lowest BCUT2D eigenvalue weighted by Crippen LogP contribution is -2.41. The maximum absolute atomic E-state index is 12.8. The van der Waals surface area contributed by atoms with Crippen LogP contribution < -0.4 is 5.56 Å². The first-order chi connectivity index (χ1) is 12.6. The number of aliphatic hydroxyl groups excluding tert-OH is 1. The van der Waals surface area contributed by atoms with E-state index in [1.54, 1.807) is 28.8 Å². The molecule has 1 saturated heterocycles. The maximum Gasteiger partial charge on any atom is 0.262 e. The number of aliphatic hydroxyl groups is 1. The number of allylic oxidation sites excluding steroid dienone is 1. The van der Waals surface area contributed by atoms with Gasteiger partial charge in [0, 0.05) is 37.0 Å². The molecule has 0 saturated carbocycles. The molecule has 1 atom stereocenters. The van der Waals surface area contributed by atoms with Gasteiger partial charge >= 0.3 is 0 Å². The number of β-amino-alcohol motifs (C(OH)–C–C–N with tert-alkyl or cyclic N) is 1. The molecule has 8 heteroatoms. The van der Waals surface area contributed by atoms with Gasteiger partial charge in [-0.2, -0.15) is 0 Å². The smallest absolute Gasteiger partial charge is 0.262 e. The number of hydrogen-bond donors (Lipinski definition) is 1. The van der Waals surface area contributed by atoms with E-state index >= 15 is 0 Å². The molecule has 2 aromatic rings. The zero-order valence-electron chi connectivity index (χ0n) is 14.4. The molecular formula is C18H22ClN3O3S. The Morgan fingerprint density at radius 2 is 2.19 bits per heavy atom. The first-order valence-electron chi connectivity index (χ1n) is 8.50. The zero-order valence-corrected chi connectivity index (χ0v) is 16.0. The molecular weight excluding hydrogens is 374 g/mol. The quantitative estimate of drug-likeness (QED) is 0.439. The summed E-state index contributed by atoms with van der Waals surface area (Å²) in [5.74, 6) is 0.458. The lowest BCUT2D eigenvalue weighted by atomic mass is 10.2. The molecule has 2 heterocycles. The molecule has 0 aliphatic carbocycles. The Balaban J connectivity index is 1.77. The Hall–Kier alpha value is -1.38. The Bertz CT molecular complexity index is 836. The highest BCUT2D eigenvalue weighted by molar-refractivity contribution is 7.99. The molecule has 3 rings (SSSR count). The Morgan fingerprint density at radius 3 is 2.92 bits per heavy atom. The van der Waals surface area contributed by atoms with Crippen molar-refractivity contribution < 1.29 is 9.84 Å². The normalized spacial score (nSPS) is 16.7. The number of nitrogens with zero attached hydrogens (tertiary/aromatic N) is 3. The Morgan fingerprint density at radius 1 is 1.42 bits per heavy atom. The molecule has 0 bridgehead atoms. The minimum absolute atomic E-state index is 0.150. The summed E-state index contributed by atoms with van der Waals surface area (Å²) < 4.78 is 6.89. The number of benzene rings is 1. The summed E-state index contributed by atoms with van der Waals surface area (Å²) in [6, 6.07) is 5.09. The zero-order chi connectivity index (χ0) is 18.5. The van der Waals surface area contributed by atoms with Crippen LogP contribution in [0.4, 0.5) is 0 Å². The number of ether oxygens (including phenoxy) is 1. The molecule has 26 heavy (non-hydrogen) atoms. The van der Waals surface area contributed by atoms with Gasteiger partial charge in [-0.1, -0.05) is 29.4 Å². The van der Waals surface area contributed by atoms with Crippen molar-refractivity contribution in [3.63, 3.8) is 0 Å². The van der Waals surface area contributed by atoms with Crippen molar-refractivity contribution in [1.29, 1.82) is 0 Å². The van der Waals surface area contributed by atoms with Gasteiger partial charge in [0.1, 0.15) is 0 Å². The van der Waals surface area contributed by atoms with E-state index in [4.69, 9.17) is 16.3 Å². The number of halogens is 1. The fourth-order valence-electron chi connectivity index (χ4n) is 2.88. The molecule has 140 valence electrons. The van der Waals surface area contributed by atoms with Crippen molar-refractivity contribution in [2.75, 3.05) is 38.6 Å².